The molecule has 0 aromatic heterocycles. The summed E-state index contributed by atoms with van der Waals surface area (Å²) in [5.41, 5.74) is 4.65. The number of hydrogen-bond donors (Lipinski definition) is 1. The van der Waals surface area contributed by atoms with Crippen molar-refractivity contribution in [2.24, 2.45) is 28.4 Å². The fourth-order valence-corrected chi connectivity index (χ4v) is 4.54. The van der Waals surface area contributed by atoms with Crippen LogP contribution in [-0.2, 0) is 19.1 Å². The summed E-state index contributed by atoms with van der Waals surface area (Å²) < 4.78 is 11.5. The fourth-order valence-electron chi connectivity index (χ4n) is 4.54. The summed E-state index contributed by atoms with van der Waals surface area (Å²) in [7, 11) is 0. The number of carbonyl (C=O) groups is 2. The molecular weight excluding hydrogens is 344 g/mol. The molecule has 1 saturated carbocycles. The molecule has 0 bridgehead atoms. The van der Waals surface area contributed by atoms with E-state index in [0.717, 1.165) is 6.42 Å². The number of carbonyl (C=O) groups excluding carboxylic acids is 2. The molecule has 2 aliphatic rings. The molecule has 0 radical (unpaired) electrons. The Morgan fingerprint density at radius 1 is 1.30 bits per heavy atom. The van der Waals surface area contributed by atoms with Crippen molar-refractivity contribution in [3.63, 3.8) is 0 Å². The molecule has 2 N–H and O–H groups in total. The summed E-state index contributed by atoms with van der Waals surface area (Å²) in [5.74, 6) is -0.475. The maximum absolute atomic E-state index is 13.3. The van der Waals surface area contributed by atoms with Gasteiger partial charge in [0.15, 0.2) is 0 Å². The third kappa shape index (κ3) is 4.63. The first kappa shape index (κ1) is 21.7. The molecule has 1 aliphatic heterocycles. The number of hydrogen-bond acceptors (Lipinski definition) is 6. The van der Waals surface area contributed by atoms with E-state index < -0.39 is 23.2 Å². The van der Waals surface area contributed by atoms with Crippen molar-refractivity contribution in [3.05, 3.63) is 0 Å². The quantitative estimate of drug-likeness (QED) is 0.711. The van der Waals surface area contributed by atoms with E-state index in [2.05, 4.69) is 26.8 Å². The van der Waals surface area contributed by atoms with E-state index in [1.54, 1.807) is 0 Å². The predicted octanol–water partition coefficient (Wildman–Crippen LogP) is 3.33. The van der Waals surface area contributed by atoms with Crippen LogP contribution in [0, 0.1) is 34.0 Å². The monoisotopic (exact) mass is 378 g/mol. The molecular formula is C21H34N2O4. The van der Waals surface area contributed by atoms with Crippen LogP contribution in [0.15, 0.2) is 0 Å². The number of fused-ring (bicyclic) bond motifs is 1. The normalized spacial score (nSPS) is 30.2. The molecule has 1 saturated heterocycles. The number of rotatable bonds is 6. The zero-order valence-electron chi connectivity index (χ0n) is 17.5. The number of ether oxygens (including phenoxy) is 2. The number of nitriles is 1. The van der Waals surface area contributed by atoms with Gasteiger partial charge in [-0.2, -0.15) is 5.26 Å². The molecule has 2 rings (SSSR count). The topological polar surface area (TPSA) is 102 Å². The molecule has 0 aromatic rings. The Kier molecular flexibility index (Phi) is 5.96. The molecule has 1 aliphatic carbocycles. The lowest BCUT2D eigenvalue weighted by Crippen LogP contribution is -2.56. The average molecular weight is 379 g/mol. The molecule has 6 heteroatoms. The number of nitrogens with zero attached hydrogens (tertiary/aromatic N) is 1. The number of nitrogens with two attached hydrogens (primary N) is 1. The predicted molar refractivity (Wildman–Crippen MR) is 101 cm³/mol. The van der Waals surface area contributed by atoms with Gasteiger partial charge in [-0.25, -0.2) is 0 Å². The Hall–Kier alpha value is -1.61. The average Bonchev–Trinajstić information content (AvgIpc) is 2.99. The van der Waals surface area contributed by atoms with Crippen LogP contribution in [0.1, 0.15) is 73.6 Å². The van der Waals surface area contributed by atoms with Crippen molar-refractivity contribution in [2.45, 2.75) is 91.4 Å². The number of esters is 2. The summed E-state index contributed by atoms with van der Waals surface area (Å²) >= 11 is 0. The lowest BCUT2D eigenvalue weighted by molar-refractivity contribution is -0.177. The van der Waals surface area contributed by atoms with E-state index in [9.17, 15) is 9.59 Å². The van der Waals surface area contributed by atoms with E-state index in [0.29, 0.717) is 25.7 Å². The van der Waals surface area contributed by atoms with Crippen molar-refractivity contribution >= 4 is 11.9 Å². The van der Waals surface area contributed by atoms with Crippen LogP contribution in [0.2, 0.25) is 0 Å². The Bertz CT molecular complexity index is 626. The van der Waals surface area contributed by atoms with Crippen molar-refractivity contribution in [1.82, 2.24) is 0 Å². The van der Waals surface area contributed by atoms with Gasteiger partial charge < -0.3 is 15.2 Å². The lowest BCUT2D eigenvalue weighted by atomic mass is 9.65. The van der Waals surface area contributed by atoms with Crippen LogP contribution in [0.25, 0.3) is 0 Å². The summed E-state index contributed by atoms with van der Waals surface area (Å²) in [4.78, 5) is 25.0. The van der Waals surface area contributed by atoms with Gasteiger partial charge in [0, 0.05) is 23.8 Å². The third-order valence-electron chi connectivity index (χ3n) is 6.18. The van der Waals surface area contributed by atoms with Crippen molar-refractivity contribution in [2.75, 3.05) is 0 Å². The van der Waals surface area contributed by atoms with Gasteiger partial charge in [0.1, 0.15) is 12.2 Å². The van der Waals surface area contributed by atoms with Gasteiger partial charge in [-0.05, 0) is 45.4 Å². The molecule has 5 unspecified atom stereocenters. The highest BCUT2D eigenvalue weighted by molar-refractivity contribution is 5.79. The van der Waals surface area contributed by atoms with E-state index in [4.69, 9.17) is 20.5 Å². The molecule has 152 valence electrons. The Labute approximate surface area is 162 Å². The highest BCUT2D eigenvalue weighted by atomic mass is 16.6. The molecule has 0 amide bonds. The van der Waals surface area contributed by atoms with Gasteiger partial charge in [0.05, 0.1) is 17.9 Å². The Balaban J connectivity index is 2.25. The van der Waals surface area contributed by atoms with E-state index in [1.165, 1.54) is 0 Å². The second-order valence-electron chi connectivity index (χ2n) is 10.3. The summed E-state index contributed by atoms with van der Waals surface area (Å²) in [6, 6.07) is 2.16. The summed E-state index contributed by atoms with van der Waals surface area (Å²) in [6.45, 7) is 11.8. The maximum atomic E-state index is 13.3. The second-order valence-corrected chi connectivity index (χ2v) is 10.3. The Morgan fingerprint density at radius 3 is 2.44 bits per heavy atom. The summed E-state index contributed by atoms with van der Waals surface area (Å²) in [5, 5.41) is 8.94. The zero-order valence-corrected chi connectivity index (χ0v) is 17.5. The van der Waals surface area contributed by atoms with Crippen LogP contribution in [0.4, 0.5) is 0 Å². The highest BCUT2D eigenvalue weighted by Crippen LogP contribution is 2.47. The lowest BCUT2D eigenvalue weighted by Gasteiger charge is -2.44. The highest BCUT2D eigenvalue weighted by Gasteiger charge is 2.55. The first-order valence-electron chi connectivity index (χ1n) is 9.85. The Morgan fingerprint density at radius 2 is 1.93 bits per heavy atom. The van der Waals surface area contributed by atoms with Crippen LogP contribution < -0.4 is 5.73 Å². The molecule has 1 heterocycles. The first-order valence-corrected chi connectivity index (χ1v) is 9.85. The molecule has 0 spiro atoms. The van der Waals surface area contributed by atoms with Crippen molar-refractivity contribution < 1.29 is 19.1 Å². The van der Waals surface area contributed by atoms with Crippen molar-refractivity contribution in [1.29, 1.82) is 5.26 Å². The minimum Gasteiger partial charge on any atom is -0.458 e. The van der Waals surface area contributed by atoms with Crippen molar-refractivity contribution in [3.8, 4) is 6.07 Å². The molecule has 0 aromatic carbocycles. The largest absolute Gasteiger partial charge is 0.458 e. The van der Waals surface area contributed by atoms with E-state index in [-0.39, 0.29) is 29.2 Å². The molecule has 27 heavy (non-hydrogen) atoms. The van der Waals surface area contributed by atoms with Gasteiger partial charge in [-0.1, -0.05) is 20.8 Å². The second kappa shape index (κ2) is 7.43. The summed E-state index contributed by atoms with van der Waals surface area (Å²) in [6.07, 6.45) is 1.83. The van der Waals surface area contributed by atoms with Gasteiger partial charge >= 0.3 is 11.9 Å². The minimum absolute atomic E-state index is 0.0384. The van der Waals surface area contributed by atoms with Gasteiger partial charge in [0.2, 0.25) is 0 Å². The van der Waals surface area contributed by atoms with Gasteiger partial charge in [0.25, 0.3) is 0 Å². The maximum Gasteiger partial charge on any atom is 0.314 e. The molecule has 2 fully saturated rings. The first-order chi connectivity index (χ1) is 12.3. The van der Waals surface area contributed by atoms with E-state index >= 15 is 0 Å². The van der Waals surface area contributed by atoms with Crippen LogP contribution >= 0.6 is 0 Å². The zero-order chi connectivity index (χ0) is 20.6. The van der Waals surface area contributed by atoms with Crippen LogP contribution in [-0.4, -0.2) is 29.7 Å². The smallest absolute Gasteiger partial charge is 0.314 e. The third-order valence-corrected chi connectivity index (χ3v) is 6.18. The molecule has 6 nitrogen and oxygen atoms in total. The SMILES string of the molecule is CC(C)(C)CC(C)(C(=O)OC1C(CCC#N)CC2CC(=O)OC21)C(C)(C)N. The standard InChI is InChI=1S/C21H34N2O4/c1-19(2,3)12-21(6,20(4,5)23)18(25)27-16-13(8-7-9-22)10-14-11-15(24)26-17(14)16/h13-14,16-17H,7-8,10-12,23H2,1-6H3. The van der Waals surface area contributed by atoms with Gasteiger partial charge in [-0.3, -0.25) is 9.59 Å². The molecule has 5 atom stereocenters. The van der Waals surface area contributed by atoms with Crippen LogP contribution in [0.5, 0.6) is 0 Å². The fraction of sp³-hybridized carbons (Fsp3) is 0.857. The van der Waals surface area contributed by atoms with Crippen LogP contribution in [0.3, 0.4) is 0 Å². The van der Waals surface area contributed by atoms with E-state index in [1.807, 2.05) is 20.8 Å². The minimum atomic E-state index is -0.883. The van der Waals surface area contributed by atoms with Gasteiger partial charge in [-0.15, -0.1) is 0 Å².